The van der Waals surface area contributed by atoms with Crippen LogP contribution in [0.25, 0.3) is 0 Å². The zero-order chi connectivity index (χ0) is 14.8. The summed E-state index contributed by atoms with van der Waals surface area (Å²) in [5.41, 5.74) is -1.81. The molecule has 3 N–H and O–H groups in total. The van der Waals surface area contributed by atoms with Crippen molar-refractivity contribution in [1.82, 2.24) is 4.98 Å². The minimum atomic E-state index is -1.33. The van der Waals surface area contributed by atoms with Gasteiger partial charge in [0.25, 0.3) is 5.69 Å². The predicted octanol–water partition coefficient (Wildman–Crippen LogP) is 0.251. The van der Waals surface area contributed by atoms with E-state index in [4.69, 9.17) is 9.84 Å². The maximum atomic E-state index is 11.1. The molecule has 0 bridgehead atoms. The quantitative estimate of drug-likeness (QED) is 0.517. The number of pyridine rings is 1. The lowest BCUT2D eigenvalue weighted by Gasteiger charge is -2.21. The molecule has 9 nitrogen and oxygen atoms in total. The molecule has 0 amide bonds. The van der Waals surface area contributed by atoms with Crippen LogP contribution in [0.4, 0.5) is 11.5 Å². The van der Waals surface area contributed by atoms with Crippen molar-refractivity contribution in [3.8, 4) is 0 Å². The number of rotatable bonds is 5. The minimum absolute atomic E-state index is 0.0246. The number of carboxylic acids is 1. The zero-order valence-corrected chi connectivity index (χ0v) is 10.4. The number of nitro groups is 1. The second-order valence-electron chi connectivity index (χ2n) is 4.53. The van der Waals surface area contributed by atoms with Crippen LogP contribution in [0.3, 0.4) is 0 Å². The molecule has 0 spiro atoms. The van der Waals surface area contributed by atoms with Crippen molar-refractivity contribution in [2.24, 2.45) is 0 Å². The molecule has 0 saturated carbocycles. The van der Waals surface area contributed by atoms with Gasteiger partial charge in [-0.3, -0.25) is 10.1 Å². The van der Waals surface area contributed by atoms with Gasteiger partial charge in [-0.1, -0.05) is 0 Å². The van der Waals surface area contributed by atoms with Gasteiger partial charge in [-0.15, -0.1) is 0 Å². The van der Waals surface area contributed by atoms with Gasteiger partial charge >= 0.3 is 5.97 Å². The smallest absolute Gasteiger partial charge is 0.339 e. The van der Waals surface area contributed by atoms with Crippen LogP contribution in [-0.4, -0.2) is 51.4 Å². The van der Waals surface area contributed by atoms with E-state index in [0.717, 1.165) is 12.3 Å². The van der Waals surface area contributed by atoms with Gasteiger partial charge in [0.15, 0.2) is 0 Å². The first-order valence-electron chi connectivity index (χ1n) is 5.83. The predicted molar refractivity (Wildman–Crippen MR) is 66.7 cm³/mol. The molecule has 1 saturated heterocycles. The van der Waals surface area contributed by atoms with E-state index >= 15 is 0 Å². The van der Waals surface area contributed by atoms with Gasteiger partial charge in [0.1, 0.15) is 23.2 Å². The van der Waals surface area contributed by atoms with Crippen LogP contribution >= 0.6 is 0 Å². The van der Waals surface area contributed by atoms with E-state index in [1.165, 1.54) is 0 Å². The van der Waals surface area contributed by atoms with Crippen molar-refractivity contribution in [1.29, 1.82) is 0 Å². The number of nitrogens with one attached hydrogen (secondary N) is 1. The number of ether oxygens (including phenoxy) is 1. The molecule has 9 heteroatoms. The maximum Gasteiger partial charge on any atom is 0.339 e. The first-order chi connectivity index (χ1) is 9.41. The normalized spacial score (nSPS) is 21.6. The molecular weight excluding hydrogens is 270 g/mol. The standard InChI is InChI=1S/C11H13N3O6/c15-10(16)8-3-7(14(18)19)4-12-9(8)13-5-11(17)1-2-20-6-11/h3-4,17H,1-2,5-6H2,(H,12,13)(H,15,16). The SMILES string of the molecule is O=C(O)c1cc([N+](=O)[O-])cnc1NCC1(O)CCOC1. The van der Waals surface area contributed by atoms with E-state index in [0.29, 0.717) is 13.0 Å². The lowest BCUT2D eigenvalue weighted by Crippen LogP contribution is -2.37. The number of aromatic carboxylic acids is 1. The first kappa shape index (κ1) is 14.2. The van der Waals surface area contributed by atoms with Crippen molar-refractivity contribution >= 4 is 17.5 Å². The van der Waals surface area contributed by atoms with E-state index in [1.54, 1.807) is 0 Å². The molecule has 20 heavy (non-hydrogen) atoms. The van der Waals surface area contributed by atoms with Gasteiger partial charge in [0.2, 0.25) is 0 Å². The van der Waals surface area contributed by atoms with E-state index in [2.05, 4.69) is 10.3 Å². The highest BCUT2D eigenvalue weighted by Gasteiger charge is 2.32. The molecule has 0 aliphatic carbocycles. The molecule has 1 unspecified atom stereocenters. The summed E-state index contributed by atoms with van der Waals surface area (Å²) in [5, 5.41) is 32.4. The largest absolute Gasteiger partial charge is 0.478 e. The number of aromatic nitrogens is 1. The van der Waals surface area contributed by atoms with E-state index in [1.807, 2.05) is 0 Å². The Morgan fingerprint density at radius 2 is 2.40 bits per heavy atom. The van der Waals surface area contributed by atoms with Gasteiger partial charge in [-0.25, -0.2) is 9.78 Å². The Bertz CT molecular complexity index is 541. The molecule has 1 aromatic heterocycles. The summed E-state index contributed by atoms with van der Waals surface area (Å²) in [7, 11) is 0. The second-order valence-corrected chi connectivity index (χ2v) is 4.53. The highest BCUT2D eigenvalue weighted by Crippen LogP contribution is 2.22. The summed E-state index contributed by atoms with van der Waals surface area (Å²) in [6.07, 6.45) is 1.39. The van der Waals surface area contributed by atoms with Crippen LogP contribution in [0.15, 0.2) is 12.3 Å². The van der Waals surface area contributed by atoms with Gasteiger partial charge < -0.3 is 20.3 Å². The zero-order valence-electron chi connectivity index (χ0n) is 10.4. The number of hydrogen-bond acceptors (Lipinski definition) is 7. The van der Waals surface area contributed by atoms with Crippen molar-refractivity contribution in [3.63, 3.8) is 0 Å². The summed E-state index contributed by atoms with van der Waals surface area (Å²) in [6.45, 7) is 0.630. The molecule has 1 aromatic rings. The number of nitrogens with zero attached hydrogens (tertiary/aromatic N) is 2. The molecule has 1 aliphatic rings. The summed E-state index contributed by atoms with van der Waals surface area (Å²) in [5.74, 6) is -1.36. The Balaban J connectivity index is 2.18. The summed E-state index contributed by atoms with van der Waals surface area (Å²) in [6, 6.07) is 0.923. The monoisotopic (exact) mass is 283 g/mol. The van der Waals surface area contributed by atoms with Crippen LogP contribution in [0.5, 0.6) is 0 Å². The minimum Gasteiger partial charge on any atom is -0.478 e. The topological polar surface area (TPSA) is 135 Å². The average Bonchev–Trinajstić information content (AvgIpc) is 2.83. The molecule has 1 fully saturated rings. The molecule has 0 radical (unpaired) electrons. The molecule has 1 aliphatic heterocycles. The second kappa shape index (κ2) is 5.39. The fourth-order valence-electron chi connectivity index (χ4n) is 1.84. The third-order valence-corrected chi connectivity index (χ3v) is 2.98. The van der Waals surface area contributed by atoms with Crippen LogP contribution in [0, 0.1) is 10.1 Å². The highest BCUT2D eigenvalue weighted by molar-refractivity contribution is 5.93. The fourth-order valence-corrected chi connectivity index (χ4v) is 1.84. The molecular formula is C11H13N3O6. The van der Waals surface area contributed by atoms with Crippen LogP contribution in [0.2, 0.25) is 0 Å². The number of hydrogen-bond donors (Lipinski definition) is 3. The van der Waals surface area contributed by atoms with E-state index in [9.17, 15) is 20.0 Å². The van der Waals surface area contributed by atoms with Crippen molar-refractivity contribution in [2.45, 2.75) is 12.0 Å². The van der Waals surface area contributed by atoms with E-state index in [-0.39, 0.29) is 24.5 Å². The summed E-state index contributed by atoms with van der Waals surface area (Å²) < 4.78 is 5.06. The third kappa shape index (κ3) is 3.00. The first-order valence-corrected chi connectivity index (χ1v) is 5.83. The number of aliphatic hydroxyl groups is 1. The molecule has 108 valence electrons. The van der Waals surface area contributed by atoms with Crippen LogP contribution in [-0.2, 0) is 4.74 Å². The van der Waals surface area contributed by atoms with Gasteiger partial charge in [-0.2, -0.15) is 0 Å². The van der Waals surface area contributed by atoms with Crippen LogP contribution in [0.1, 0.15) is 16.8 Å². The van der Waals surface area contributed by atoms with Gasteiger partial charge in [-0.05, 0) is 0 Å². The van der Waals surface area contributed by atoms with Crippen molar-refractivity contribution in [2.75, 3.05) is 25.1 Å². The van der Waals surface area contributed by atoms with Crippen LogP contribution < -0.4 is 5.32 Å². The average molecular weight is 283 g/mol. The summed E-state index contributed by atoms with van der Waals surface area (Å²) in [4.78, 5) is 24.7. The lowest BCUT2D eigenvalue weighted by molar-refractivity contribution is -0.385. The Morgan fingerprint density at radius 3 is 2.95 bits per heavy atom. The Labute approximate surface area is 113 Å². The molecule has 2 rings (SSSR count). The Hall–Kier alpha value is -2.26. The molecule has 0 aromatic carbocycles. The lowest BCUT2D eigenvalue weighted by atomic mass is 10.0. The number of anilines is 1. The van der Waals surface area contributed by atoms with Crippen molar-refractivity contribution < 1.29 is 24.7 Å². The number of carboxylic acid groups (broad SMARTS) is 1. The van der Waals surface area contributed by atoms with Gasteiger partial charge in [0, 0.05) is 25.6 Å². The van der Waals surface area contributed by atoms with Gasteiger partial charge in [0.05, 0.1) is 11.5 Å². The van der Waals surface area contributed by atoms with E-state index < -0.39 is 22.2 Å². The molecule has 1 atom stereocenters. The highest BCUT2D eigenvalue weighted by atomic mass is 16.6. The Kier molecular flexibility index (Phi) is 3.81. The Morgan fingerprint density at radius 1 is 1.65 bits per heavy atom. The fraction of sp³-hybridized carbons (Fsp3) is 0.455. The third-order valence-electron chi connectivity index (χ3n) is 2.98. The maximum absolute atomic E-state index is 11.1. The van der Waals surface area contributed by atoms with Crippen molar-refractivity contribution in [3.05, 3.63) is 27.9 Å². The summed E-state index contributed by atoms with van der Waals surface area (Å²) >= 11 is 0. The molecule has 2 heterocycles. The number of carbonyl (C=O) groups is 1.